The molecule has 120 valence electrons. The third-order valence-corrected chi connectivity index (χ3v) is 4.15. The molecule has 0 radical (unpaired) electrons. The van der Waals surface area contributed by atoms with Crippen LogP contribution in [0.3, 0.4) is 0 Å². The second kappa shape index (κ2) is 6.73. The number of hydrogen-bond acceptors (Lipinski definition) is 4. The van der Waals surface area contributed by atoms with Crippen molar-refractivity contribution in [1.29, 1.82) is 0 Å². The fourth-order valence-corrected chi connectivity index (χ4v) is 2.78. The molecule has 0 aliphatic heterocycles. The van der Waals surface area contributed by atoms with Gasteiger partial charge >= 0.3 is 5.97 Å². The first-order valence-corrected chi connectivity index (χ1v) is 7.65. The standard InChI is InChI=1S/C19H20O4/c1-21-18-10-14(23-12-13-6-4-3-5-7-13)8-9-15(18)16-11-17(16)19(20)22-2/h3-10,16-17H,11-12H2,1-2H3. The third-order valence-electron chi connectivity index (χ3n) is 4.15. The van der Waals surface area contributed by atoms with Crippen LogP contribution in [0.4, 0.5) is 0 Å². The van der Waals surface area contributed by atoms with Gasteiger partial charge in [-0.15, -0.1) is 0 Å². The lowest BCUT2D eigenvalue weighted by Crippen LogP contribution is -2.04. The van der Waals surface area contributed by atoms with Crippen LogP contribution in [0.5, 0.6) is 11.5 Å². The summed E-state index contributed by atoms with van der Waals surface area (Å²) in [4.78, 5) is 11.6. The maximum absolute atomic E-state index is 11.6. The van der Waals surface area contributed by atoms with Crippen LogP contribution >= 0.6 is 0 Å². The second-order valence-electron chi connectivity index (χ2n) is 5.65. The zero-order valence-electron chi connectivity index (χ0n) is 13.3. The monoisotopic (exact) mass is 312 g/mol. The molecule has 1 fully saturated rings. The third kappa shape index (κ3) is 3.47. The highest BCUT2D eigenvalue weighted by Crippen LogP contribution is 2.51. The molecule has 0 saturated heterocycles. The Hall–Kier alpha value is -2.49. The van der Waals surface area contributed by atoms with Crippen molar-refractivity contribution in [2.24, 2.45) is 5.92 Å². The van der Waals surface area contributed by atoms with E-state index in [1.54, 1.807) is 7.11 Å². The molecule has 0 spiro atoms. The SMILES string of the molecule is COC(=O)C1CC1c1ccc(OCc2ccccc2)cc1OC. The summed E-state index contributed by atoms with van der Waals surface area (Å²) in [5.74, 6) is 1.49. The number of methoxy groups -OCH3 is 2. The van der Waals surface area contributed by atoms with E-state index in [0.29, 0.717) is 6.61 Å². The van der Waals surface area contributed by atoms with Crippen molar-refractivity contribution in [1.82, 2.24) is 0 Å². The maximum Gasteiger partial charge on any atom is 0.309 e. The molecule has 2 atom stereocenters. The molecule has 2 unspecified atom stereocenters. The van der Waals surface area contributed by atoms with Gasteiger partial charge in [0.05, 0.1) is 20.1 Å². The lowest BCUT2D eigenvalue weighted by atomic mass is 10.1. The smallest absolute Gasteiger partial charge is 0.309 e. The van der Waals surface area contributed by atoms with E-state index in [-0.39, 0.29) is 17.8 Å². The quantitative estimate of drug-likeness (QED) is 0.765. The number of benzene rings is 2. The van der Waals surface area contributed by atoms with Crippen molar-refractivity contribution >= 4 is 5.97 Å². The molecule has 4 heteroatoms. The van der Waals surface area contributed by atoms with Gasteiger partial charge in [0.15, 0.2) is 0 Å². The minimum Gasteiger partial charge on any atom is -0.496 e. The summed E-state index contributed by atoms with van der Waals surface area (Å²) >= 11 is 0. The fraction of sp³-hybridized carbons (Fsp3) is 0.316. The number of carbonyl (C=O) groups is 1. The average Bonchev–Trinajstić information content (AvgIpc) is 3.40. The average molecular weight is 312 g/mol. The van der Waals surface area contributed by atoms with Gasteiger partial charge in [0.2, 0.25) is 0 Å². The van der Waals surface area contributed by atoms with Gasteiger partial charge < -0.3 is 14.2 Å². The Labute approximate surface area is 136 Å². The summed E-state index contributed by atoms with van der Waals surface area (Å²) in [6.07, 6.45) is 0.813. The van der Waals surface area contributed by atoms with Gasteiger partial charge in [-0.1, -0.05) is 36.4 Å². The Bertz CT molecular complexity index is 681. The summed E-state index contributed by atoms with van der Waals surface area (Å²) in [5.41, 5.74) is 2.15. The molecule has 1 aliphatic rings. The minimum absolute atomic E-state index is 0.0509. The molecular weight excluding hydrogens is 292 g/mol. The van der Waals surface area contributed by atoms with Gasteiger partial charge in [0.25, 0.3) is 0 Å². The number of hydrogen-bond donors (Lipinski definition) is 0. The number of carbonyl (C=O) groups excluding carboxylic acids is 1. The Balaban J connectivity index is 1.69. The van der Waals surface area contributed by atoms with Crippen LogP contribution in [0.1, 0.15) is 23.5 Å². The molecule has 2 aromatic rings. The zero-order chi connectivity index (χ0) is 16.2. The lowest BCUT2D eigenvalue weighted by Gasteiger charge is -2.12. The van der Waals surface area contributed by atoms with Crippen LogP contribution in [-0.2, 0) is 16.1 Å². The highest BCUT2D eigenvalue weighted by atomic mass is 16.5. The number of rotatable bonds is 6. The van der Waals surface area contributed by atoms with Crippen LogP contribution in [0.25, 0.3) is 0 Å². The zero-order valence-corrected chi connectivity index (χ0v) is 13.3. The molecule has 0 bridgehead atoms. The van der Waals surface area contributed by atoms with Gasteiger partial charge in [-0.3, -0.25) is 4.79 Å². The lowest BCUT2D eigenvalue weighted by molar-refractivity contribution is -0.142. The highest BCUT2D eigenvalue weighted by molar-refractivity contribution is 5.77. The predicted molar refractivity (Wildman–Crippen MR) is 86.6 cm³/mol. The Kier molecular flexibility index (Phi) is 4.51. The van der Waals surface area contributed by atoms with Gasteiger partial charge in [-0.05, 0) is 23.6 Å². The van der Waals surface area contributed by atoms with Crippen LogP contribution in [0, 0.1) is 5.92 Å². The highest BCUT2D eigenvalue weighted by Gasteiger charge is 2.46. The van der Waals surface area contributed by atoms with E-state index >= 15 is 0 Å². The van der Waals surface area contributed by atoms with Gasteiger partial charge in [-0.25, -0.2) is 0 Å². The first-order chi connectivity index (χ1) is 11.2. The van der Waals surface area contributed by atoms with Crippen molar-refractivity contribution in [3.8, 4) is 11.5 Å². The molecule has 1 saturated carbocycles. The second-order valence-corrected chi connectivity index (χ2v) is 5.65. The molecule has 2 aromatic carbocycles. The van der Waals surface area contributed by atoms with Crippen LogP contribution in [-0.4, -0.2) is 20.2 Å². The van der Waals surface area contributed by atoms with Crippen molar-refractivity contribution < 1.29 is 19.0 Å². The van der Waals surface area contributed by atoms with Crippen molar-refractivity contribution in [3.05, 3.63) is 59.7 Å². The molecule has 23 heavy (non-hydrogen) atoms. The molecule has 1 aliphatic carbocycles. The van der Waals surface area contributed by atoms with E-state index in [4.69, 9.17) is 14.2 Å². The van der Waals surface area contributed by atoms with E-state index in [1.807, 2.05) is 48.5 Å². The van der Waals surface area contributed by atoms with E-state index < -0.39 is 0 Å². The molecule has 3 rings (SSSR count). The van der Waals surface area contributed by atoms with Gasteiger partial charge in [0.1, 0.15) is 18.1 Å². The maximum atomic E-state index is 11.6. The molecule has 4 nitrogen and oxygen atoms in total. The van der Waals surface area contributed by atoms with E-state index in [9.17, 15) is 4.79 Å². The minimum atomic E-state index is -0.151. The van der Waals surface area contributed by atoms with E-state index in [2.05, 4.69) is 0 Å². The first kappa shape index (κ1) is 15.4. The number of ether oxygens (including phenoxy) is 3. The normalized spacial score (nSPS) is 19.0. The summed E-state index contributed by atoms with van der Waals surface area (Å²) < 4.78 is 16.1. The molecule has 0 heterocycles. The van der Waals surface area contributed by atoms with Crippen molar-refractivity contribution in [3.63, 3.8) is 0 Å². The van der Waals surface area contributed by atoms with Gasteiger partial charge in [0, 0.05) is 12.0 Å². The van der Waals surface area contributed by atoms with Crippen molar-refractivity contribution in [2.75, 3.05) is 14.2 Å². The van der Waals surface area contributed by atoms with Crippen LogP contribution in [0.2, 0.25) is 0 Å². The van der Waals surface area contributed by atoms with E-state index in [1.165, 1.54) is 7.11 Å². The predicted octanol–water partition coefficient (Wildman–Crippen LogP) is 3.55. The van der Waals surface area contributed by atoms with Crippen LogP contribution in [0.15, 0.2) is 48.5 Å². The Morgan fingerprint density at radius 1 is 1.13 bits per heavy atom. The Morgan fingerprint density at radius 3 is 2.61 bits per heavy atom. The molecule has 0 amide bonds. The molecular formula is C19H20O4. The van der Waals surface area contributed by atoms with Crippen molar-refractivity contribution in [2.45, 2.75) is 18.9 Å². The van der Waals surface area contributed by atoms with Crippen LogP contribution < -0.4 is 9.47 Å². The number of esters is 1. The molecule has 0 N–H and O–H groups in total. The molecule has 0 aromatic heterocycles. The van der Waals surface area contributed by atoms with Gasteiger partial charge in [-0.2, -0.15) is 0 Å². The topological polar surface area (TPSA) is 44.8 Å². The first-order valence-electron chi connectivity index (χ1n) is 7.65. The summed E-state index contributed by atoms with van der Waals surface area (Å²) in [7, 11) is 3.06. The van der Waals surface area contributed by atoms with E-state index in [0.717, 1.165) is 29.0 Å². The summed E-state index contributed by atoms with van der Waals surface area (Å²) in [6.45, 7) is 0.511. The fourth-order valence-electron chi connectivity index (χ4n) is 2.78. The largest absolute Gasteiger partial charge is 0.496 e. The summed E-state index contributed by atoms with van der Waals surface area (Å²) in [5, 5.41) is 0. The Morgan fingerprint density at radius 2 is 1.91 bits per heavy atom. The summed E-state index contributed by atoms with van der Waals surface area (Å²) in [6, 6.07) is 15.8.